The summed E-state index contributed by atoms with van der Waals surface area (Å²) in [6.07, 6.45) is 6.05. The van der Waals surface area contributed by atoms with Gasteiger partial charge in [0, 0.05) is 11.7 Å². The molecule has 1 aromatic carbocycles. The molecule has 0 aromatic heterocycles. The second kappa shape index (κ2) is 7.25. The fourth-order valence-electron chi connectivity index (χ4n) is 1.93. The number of nitrogen functional groups attached to an aromatic ring is 1. The van der Waals surface area contributed by atoms with Crippen LogP contribution in [0.15, 0.2) is 24.3 Å². The molecule has 1 aromatic rings. The summed E-state index contributed by atoms with van der Waals surface area (Å²) >= 11 is 0. The van der Waals surface area contributed by atoms with Gasteiger partial charge in [-0.05, 0) is 18.1 Å². The lowest BCUT2D eigenvalue weighted by atomic mass is 9.99. The number of unbranched alkanes of at least 4 members (excludes halogenated alkanes) is 3. The SMILES string of the molecule is CCCCCCC(NN)c1ccccc1N. The number of rotatable bonds is 7. The third-order valence-corrected chi connectivity index (χ3v) is 2.92. The summed E-state index contributed by atoms with van der Waals surface area (Å²) in [5, 5.41) is 0. The van der Waals surface area contributed by atoms with Crippen LogP contribution in [-0.4, -0.2) is 0 Å². The van der Waals surface area contributed by atoms with E-state index in [1.807, 2.05) is 24.3 Å². The number of benzene rings is 1. The van der Waals surface area contributed by atoms with Gasteiger partial charge in [0.1, 0.15) is 0 Å². The van der Waals surface area contributed by atoms with Crippen LogP contribution in [0, 0.1) is 0 Å². The highest BCUT2D eigenvalue weighted by Gasteiger charge is 2.11. The van der Waals surface area contributed by atoms with Crippen LogP contribution < -0.4 is 17.0 Å². The largest absolute Gasteiger partial charge is 0.398 e. The Bertz CT molecular complexity index is 299. The molecule has 16 heavy (non-hydrogen) atoms. The predicted octanol–water partition coefficient (Wildman–Crippen LogP) is 2.74. The van der Waals surface area contributed by atoms with E-state index in [0.29, 0.717) is 0 Å². The Morgan fingerprint density at radius 1 is 1.19 bits per heavy atom. The molecule has 0 spiro atoms. The van der Waals surface area contributed by atoms with Gasteiger partial charge in [-0.3, -0.25) is 11.3 Å². The predicted molar refractivity (Wildman–Crippen MR) is 69.7 cm³/mol. The van der Waals surface area contributed by atoms with E-state index in [9.17, 15) is 0 Å². The summed E-state index contributed by atoms with van der Waals surface area (Å²) < 4.78 is 0. The zero-order chi connectivity index (χ0) is 11.8. The molecule has 0 fully saturated rings. The molecule has 0 bridgehead atoms. The van der Waals surface area contributed by atoms with Crippen LogP contribution in [0.3, 0.4) is 0 Å². The number of anilines is 1. The Hall–Kier alpha value is -1.06. The molecule has 1 rings (SSSR count). The Morgan fingerprint density at radius 3 is 2.56 bits per heavy atom. The summed E-state index contributed by atoms with van der Waals surface area (Å²) in [6, 6.07) is 8.09. The molecule has 0 amide bonds. The number of hydrogen-bond acceptors (Lipinski definition) is 3. The number of para-hydroxylation sites is 1. The fraction of sp³-hybridized carbons (Fsp3) is 0.538. The smallest absolute Gasteiger partial charge is 0.0480 e. The number of nitrogens with two attached hydrogens (primary N) is 2. The van der Waals surface area contributed by atoms with Gasteiger partial charge in [0.05, 0.1) is 0 Å². The minimum Gasteiger partial charge on any atom is -0.398 e. The molecule has 1 atom stereocenters. The van der Waals surface area contributed by atoms with Crippen molar-refractivity contribution in [2.45, 2.75) is 45.1 Å². The van der Waals surface area contributed by atoms with Crippen LogP contribution in [0.5, 0.6) is 0 Å². The van der Waals surface area contributed by atoms with Gasteiger partial charge in [-0.2, -0.15) is 0 Å². The topological polar surface area (TPSA) is 64.1 Å². The monoisotopic (exact) mass is 221 g/mol. The van der Waals surface area contributed by atoms with Crippen LogP contribution in [-0.2, 0) is 0 Å². The molecular formula is C13H23N3. The molecule has 0 saturated heterocycles. The molecule has 0 aliphatic heterocycles. The first kappa shape index (κ1) is 13.0. The molecule has 0 heterocycles. The van der Waals surface area contributed by atoms with Gasteiger partial charge in [-0.15, -0.1) is 0 Å². The minimum absolute atomic E-state index is 0.179. The van der Waals surface area contributed by atoms with Gasteiger partial charge in [-0.25, -0.2) is 0 Å². The van der Waals surface area contributed by atoms with E-state index in [1.165, 1.54) is 25.7 Å². The molecule has 0 aliphatic carbocycles. The second-order valence-corrected chi connectivity index (χ2v) is 4.20. The van der Waals surface area contributed by atoms with Crippen molar-refractivity contribution in [1.82, 2.24) is 5.43 Å². The molecular weight excluding hydrogens is 198 g/mol. The Labute approximate surface area is 98.2 Å². The van der Waals surface area contributed by atoms with Gasteiger partial charge in [0.25, 0.3) is 0 Å². The lowest BCUT2D eigenvalue weighted by Crippen LogP contribution is -2.28. The lowest BCUT2D eigenvalue weighted by Gasteiger charge is -2.17. The first-order valence-corrected chi connectivity index (χ1v) is 6.10. The molecule has 0 saturated carbocycles. The third-order valence-electron chi connectivity index (χ3n) is 2.92. The molecule has 3 nitrogen and oxygen atoms in total. The third kappa shape index (κ3) is 3.83. The maximum absolute atomic E-state index is 5.93. The summed E-state index contributed by atoms with van der Waals surface area (Å²) in [5.74, 6) is 5.58. The van der Waals surface area contributed by atoms with Crippen molar-refractivity contribution in [1.29, 1.82) is 0 Å². The van der Waals surface area contributed by atoms with E-state index >= 15 is 0 Å². The van der Waals surface area contributed by atoms with Crippen molar-refractivity contribution in [3.63, 3.8) is 0 Å². The maximum Gasteiger partial charge on any atom is 0.0480 e. The van der Waals surface area contributed by atoms with Crippen LogP contribution in [0.25, 0.3) is 0 Å². The fourth-order valence-corrected chi connectivity index (χ4v) is 1.93. The van der Waals surface area contributed by atoms with Gasteiger partial charge in [-0.1, -0.05) is 50.8 Å². The molecule has 90 valence electrons. The molecule has 3 heteroatoms. The van der Waals surface area contributed by atoms with Crippen molar-refractivity contribution >= 4 is 5.69 Å². The van der Waals surface area contributed by atoms with E-state index < -0.39 is 0 Å². The average molecular weight is 221 g/mol. The summed E-state index contributed by atoms with van der Waals surface area (Å²) in [5.41, 5.74) is 10.7. The summed E-state index contributed by atoms with van der Waals surface area (Å²) in [4.78, 5) is 0. The van der Waals surface area contributed by atoms with Crippen molar-refractivity contribution in [3.8, 4) is 0 Å². The first-order valence-electron chi connectivity index (χ1n) is 6.10. The van der Waals surface area contributed by atoms with E-state index in [2.05, 4.69) is 12.3 Å². The van der Waals surface area contributed by atoms with Crippen molar-refractivity contribution in [2.24, 2.45) is 5.84 Å². The maximum atomic E-state index is 5.93. The summed E-state index contributed by atoms with van der Waals surface area (Å²) in [7, 11) is 0. The highest BCUT2D eigenvalue weighted by atomic mass is 15.2. The highest BCUT2D eigenvalue weighted by molar-refractivity contribution is 5.48. The van der Waals surface area contributed by atoms with Crippen LogP contribution in [0.1, 0.15) is 50.6 Å². The number of hydrazine groups is 1. The standard InChI is InChI=1S/C13H23N3/c1-2-3-4-5-10-13(16-15)11-8-6-7-9-12(11)14/h6-9,13,16H,2-5,10,14-15H2,1H3. The quantitative estimate of drug-likeness (QED) is 0.287. The lowest BCUT2D eigenvalue weighted by molar-refractivity contribution is 0.483. The van der Waals surface area contributed by atoms with Gasteiger partial charge >= 0.3 is 0 Å². The van der Waals surface area contributed by atoms with Crippen LogP contribution >= 0.6 is 0 Å². The zero-order valence-electron chi connectivity index (χ0n) is 10.1. The first-order chi connectivity index (χ1) is 7.79. The van der Waals surface area contributed by atoms with Crippen molar-refractivity contribution < 1.29 is 0 Å². The second-order valence-electron chi connectivity index (χ2n) is 4.20. The Balaban J connectivity index is 2.51. The van der Waals surface area contributed by atoms with E-state index in [-0.39, 0.29) is 6.04 Å². The van der Waals surface area contributed by atoms with Crippen molar-refractivity contribution in [2.75, 3.05) is 5.73 Å². The number of nitrogens with one attached hydrogen (secondary N) is 1. The van der Waals surface area contributed by atoms with Gasteiger partial charge < -0.3 is 5.73 Å². The van der Waals surface area contributed by atoms with Gasteiger partial charge in [0.2, 0.25) is 0 Å². The van der Waals surface area contributed by atoms with E-state index in [1.54, 1.807) is 0 Å². The minimum atomic E-state index is 0.179. The Morgan fingerprint density at radius 2 is 1.94 bits per heavy atom. The molecule has 5 N–H and O–H groups in total. The van der Waals surface area contributed by atoms with E-state index in [0.717, 1.165) is 17.7 Å². The average Bonchev–Trinajstić information content (AvgIpc) is 2.31. The normalized spacial score (nSPS) is 12.6. The molecule has 0 radical (unpaired) electrons. The summed E-state index contributed by atoms with van der Waals surface area (Å²) in [6.45, 7) is 2.22. The van der Waals surface area contributed by atoms with Gasteiger partial charge in [0.15, 0.2) is 0 Å². The Kier molecular flexibility index (Phi) is 5.90. The van der Waals surface area contributed by atoms with Crippen LogP contribution in [0.4, 0.5) is 5.69 Å². The van der Waals surface area contributed by atoms with Crippen molar-refractivity contribution in [3.05, 3.63) is 29.8 Å². The van der Waals surface area contributed by atoms with E-state index in [4.69, 9.17) is 11.6 Å². The van der Waals surface area contributed by atoms with Crippen LogP contribution in [0.2, 0.25) is 0 Å². The number of hydrogen-bond donors (Lipinski definition) is 3. The zero-order valence-corrected chi connectivity index (χ0v) is 10.1. The molecule has 0 aliphatic rings. The molecule has 1 unspecified atom stereocenters. The highest BCUT2D eigenvalue weighted by Crippen LogP contribution is 2.24.